The minimum absolute atomic E-state index is 0.230. The van der Waals surface area contributed by atoms with Crippen molar-refractivity contribution in [3.05, 3.63) is 35.1 Å². The van der Waals surface area contributed by atoms with Crippen LogP contribution in [0, 0.1) is 0 Å². The molecule has 0 aliphatic heterocycles. The van der Waals surface area contributed by atoms with Gasteiger partial charge in [0.05, 0.1) is 12.9 Å². The Kier molecular flexibility index (Phi) is 6.15. The lowest BCUT2D eigenvalue weighted by molar-refractivity contribution is 0.310. The first-order chi connectivity index (χ1) is 10.9. The minimum Gasteiger partial charge on any atom is -0.314 e. The average molecular weight is 358 g/mol. The molecule has 2 rings (SSSR count). The Morgan fingerprint density at radius 3 is 2.48 bits per heavy atom. The summed E-state index contributed by atoms with van der Waals surface area (Å²) in [5, 5.41) is 9.14. The Balaban J connectivity index is 1.84. The lowest BCUT2D eigenvalue weighted by Crippen LogP contribution is -2.04. The SMILES string of the molecule is Cn1c(CCCCCOS(C)(=O)=O)nnc1-c1ccc(Cl)cc1. The molecule has 0 bridgehead atoms. The molecule has 0 aliphatic rings. The minimum atomic E-state index is -3.34. The highest BCUT2D eigenvalue weighted by molar-refractivity contribution is 7.85. The third kappa shape index (κ3) is 5.60. The van der Waals surface area contributed by atoms with Crippen molar-refractivity contribution in [3.8, 4) is 11.4 Å². The van der Waals surface area contributed by atoms with Crippen molar-refractivity contribution >= 4 is 21.7 Å². The molecule has 0 radical (unpaired) electrons. The predicted molar refractivity (Wildman–Crippen MR) is 89.8 cm³/mol. The highest BCUT2D eigenvalue weighted by Crippen LogP contribution is 2.20. The molecule has 0 amide bonds. The van der Waals surface area contributed by atoms with Crippen LogP contribution in [0.15, 0.2) is 24.3 Å². The zero-order valence-electron chi connectivity index (χ0n) is 13.2. The fourth-order valence-electron chi connectivity index (χ4n) is 2.20. The quantitative estimate of drug-likeness (QED) is 0.536. The summed E-state index contributed by atoms with van der Waals surface area (Å²) in [5.74, 6) is 1.70. The molecule has 0 fully saturated rings. The van der Waals surface area contributed by atoms with Crippen LogP contribution in [0.2, 0.25) is 5.02 Å². The van der Waals surface area contributed by atoms with Crippen LogP contribution in [-0.2, 0) is 27.8 Å². The Bertz CT molecular complexity index is 742. The molecule has 0 N–H and O–H groups in total. The zero-order valence-corrected chi connectivity index (χ0v) is 14.8. The smallest absolute Gasteiger partial charge is 0.264 e. The Morgan fingerprint density at radius 1 is 1.13 bits per heavy atom. The summed E-state index contributed by atoms with van der Waals surface area (Å²) in [6.07, 6.45) is 4.33. The molecule has 0 aliphatic carbocycles. The fraction of sp³-hybridized carbons (Fsp3) is 0.467. The monoisotopic (exact) mass is 357 g/mol. The summed E-state index contributed by atoms with van der Waals surface area (Å²) in [6, 6.07) is 7.48. The van der Waals surface area contributed by atoms with E-state index in [0.717, 1.165) is 42.7 Å². The Labute approximate surface area is 141 Å². The van der Waals surface area contributed by atoms with E-state index >= 15 is 0 Å². The van der Waals surface area contributed by atoms with Gasteiger partial charge in [0.2, 0.25) is 0 Å². The fourth-order valence-corrected chi connectivity index (χ4v) is 2.75. The van der Waals surface area contributed by atoms with Crippen molar-refractivity contribution in [2.75, 3.05) is 12.9 Å². The van der Waals surface area contributed by atoms with Gasteiger partial charge in [-0.3, -0.25) is 4.18 Å². The van der Waals surface area contributed by atoms with Crippen LogP contribution in [0.25, 0.3) is 11.4 Å². The molecular formula is C15H20ClN3O3S. The lowest BCUT2D eigenvalue weighted by Gasteiger charge is -2.05. The van der Waals surface area contributed by atoms with Crippen molar-refractivity contribution in [3.63, 3.8) is 0 Å². The molecule has 0 saturated heterocycles. The summed E-state index contributed by atoms with van der Waals surface area (Å²) < 4.78 is 28.3. The van der Waals surface area contributed by atoms with Gasteiger partial charge in [0.1, 0.15) is 5.82 Å². The molecule has 0 spiro atoms. The van der Waals surface area contributed by atoms with Crippen LogP contribution in [0.4, 0.5) is 0 Å². The third-order valence-corrected chi connectivity index (χ3v) is 4.26. The number of rotatable bonds is 8. The lowest BCUT2D eigenvalue weighted by atomic mass is 10.2. The largest absolute Gasteiger partial charge is 0.314 e. The van der Waals surface area contributed by atoms with E-state index in [2.05, 4.69) is 10.2 Å². The van der Waals surface area contributed by atoms with E-state index < -0.39 is 10.1 Å². The van der Waals surface area contributed by atoms with Crippen molar-refractivity contribution in [2.45, 2.75) is 25.7 Å². The van der Waals surface area contributed by atoms with E-state index in [9.17, 15) is 8.42 Å². The van der Waals surface area contributed by atoms with E-state index in [-0.39, 0.29) is 6.61 Å². The number of nitrogens with zero attached hydrogens (tertiary/aromatic N) is 3. The van der Waals surface area contributed by atoms with Crippen LogP contribution < -0.4 is 0 Å². The van der Waals surface area contributed by atoms with Gasteiger partial charge < -0.3 is 4.57 Å². The van der Waals surface area contributed by atoms with Crippen LogP contribution >= 0.6 is 11.6 Å². The second-order valence-electron chi connectivity index (χ2n) is 5.34. The molecule has 126 valence electrons. The Hall–Kier alpha value is -1.44. The summed E-state index contributed by atoms with van der Waals surface area (Å²) in [7, 11) is -1.40. The summed E-state index contributed by atoms with van der Waals surface area (Å²) in [6.45, 7) is 0.230. The summed E-state index contributed by atoms with van der Waals surface area (Å²) in [5.41, 5.74) is 0.970. The van der Waals surface area contributed by atoms with E-state index in [1.54, 1.807) is 0 Å². The van der Waals surface area contributed by atoms with Crippen molar-refractivity contribution < 1.29 is 12.6 Å². The van der Waals surface area contributed by atoms with Crippen molar-refractivity contribution in [1.29, 1.82) is 0 Å². The van der Waals surface area contributed by atoms with Gasteiger partial charge in [-0.15, -0.1) is 10.2 Å². The van der Waals surface area contributed by atoms with Crippen LogP contribution in [-0.4, -0.2) is 36.0 Å². The van der Waals surface area contributed by atoms with Crippen LogP contribution in [0.5, 0.6) is 0 Å². The highest BCUT2D eigenvalue weighted by Gasteiger charge is 2.10. The first kappa shape index (κ1) is 17.9. The van der Waals surface area contributed by atoms with Gasteiger partial charge in [-0.2, -0.15) is 8.42 Å². The van der Waals surface area contributed by atoms with E-state index in [1.807, 2.05) is 35.9 Å². The zero-order chi connectivity index (χ0) is 16.9. The Morgan fingerprint density at radius 2 is 1.83 bits per heavy atom. The molecule has 1 heterocycles. The summed E-state index contributed by atoms with van der Waals surface area (Å²) in [4.78, 5) is 0. The maximum atomic E-state index is 10.8. The number of aromatic nitrogens is 3. The maximum Gasteiger partial charge on any atom is 0.264 e. The van der Waals surface area contributed by atoms with E-state index in [0.29, 0.717) is 11.4 Å². The van der Waals surface area contributed by atoms with Gasteiger partial charge in [-0.05, 0) is 37.1 Å². The van der Waals surface area contributed by atoms with Gasteiger partial charge in [-0.25, -0.2) is 0 Å². The number of unbranched alkanes of at least 4 members (excludes halogenated alkanes) is 2. The average Bonchev–Trinajstić information content (AvgIpc) is 2.84. The number of halogens is 1. The van der Waals surface area contributed by atoms with Gasteiger partial charge >= 0.3 is 0 Å². The van der Waals surface area contributed by atoms with Gasteiger partial charge in [0.15, 0.2) is 5.82 Å². The molecule has 8 heteroatoms. The number of hydrogen-bond donors (Lipinski definition) is 0. The molecule has 0 unspecified atom stereocenters. The van der Waals surface area contributed by atoms with Crippen LogP contribution in [0.3, 0.4) is 0 Å². The predicted octanol–water partition coefficient (Wildman–Crippen LogP) is 2.82. The second-order valence-corrected chi connectivity index (χ2v) is 7.42. The standard InChI is InChI=1S/C15H20ClN3O3S/c1-19-14(6-4-3-5-11-22-23(2,20)21)17-18-15(19)12-7-9-13(16)10-8-12/h7-10H,3-6,11H2,1-2H3. The third-order valence-electron chi connectivity index (χ3n) is 3.41. The first-order valence-electron chi connectivity index (χ1n) is 7.35. The van der Waals surface area contributed by atoms with E-state index in [1.165, 1.54) is 0 Å². The number of hydrogen-bond acceptors (Lipinski definition) is 5. The molecule has 6 nitrogen and oxygen atoms in total. The maximum absolute atomic E-state index is 10.8. The normalized spacial score (nSPS) is 11.8. The number of aryl methyl sites for hydroxylation is 1. The molecule has 1 aromatic heterocycles. The van der Waals surface area contributed by atoms with Crippen molar-refractivity contribution in [1.82, 2.24) is 14.8 Å². The molecular weight excluding hydrogens is 338 g/mol. The molecule has 23 heavy (non-hydrogen) atoms. The molecule has 2 aromatic rings. The number of benzene rings is 1. The second kappa shape index (κ2) is 7.90. The molecule has 0 saturated carbocycles. The van der Waals surface area contributed by atoms with Crippen molar-refractivity contribution in [2.24, 2.45) is 7.05 Å². The topological polar surface area (TPSA) is 74.1 Å². The van der Waals surface area contributed by atoms with Gasteiger partial charge in [0.25, 0.3) is 10.1 Å². The van der Waals surface area contributed by atoms with E-state index in [4.69, 9.17) is 15.8 Å². The molecule has 0 atom stereocenters. The summed E-state index contributed by atoms with van der Waals surface area (Å²) >= 11 is 5.89. The molecule has 1 aromatic carbocycles. The highest BCUT2D eigenvalue weighted by atomic mass is 35.5. The van der Waals surface area contributed by atoms with Gasteiger partial charge in [0, 0.05) is 24.1 Å². The van der Waals surface area contributed by atoms with Gasteiger partial charge in [-0.1, -0.05) is 18.0 Å². The first-order valence-corrected chi connectivity index (χ1v) is 9.55. The van der Waals surface area contributed by atoms with Crippen LogP contribution in [0.1, 0.15) is 25.1 Å².